The largest absolute Gasteiger partial charge is 0.496 e. The van der Waals surface area contributed by atoms with E-state index in [1.54, 1.807) is 30.6 Å². The number of primary amides is 1. The molecule has 0 radical (unpaired) electrons. The van der Waals surface area contributed by atoms with Gasteiger partial charge in [0, 0.05) is 28.2 Å². The highest BCUT2D eigenvalue weighted by atomic mass is 32.2. The average molecular weight is 470 g/mol. The smallest absolute Gasteiger partial charge is 0.324 e. The highest BCUT2D eigenvalue weighted by molar-refractivity contribution is 8.01. The summed E-state index contributed by atoms with van der Waals surface area (Å²) in [5.74, 6) is -0.630. The van der Waals surface area contributed by atoms with Gasteiger partial charge in [-0.25, -0.2) is 14.2 Å². The molecule has 0 aliphatic carbocycles. The maximum atomic E-state index is 13.0. The molecule has 4 N–H and O–H groups in total. The monoisotopic (exact) mass is 469 g/mol. The van der Waals surface area contributed by atoms with Crippen molar-refractivity contribution < 1.29 is 18.7 Å². The van der Waals surface area contributed by atoms with Crippen LogP contribution in [0.4, 0.5) is 19.9 Å². The number of hydrogen-bond acceptors (Lipinski definition) is 7. The van der Waals surface area contributed by atoms with Crippen LogP contribution in [0.25, 0.3) is 10.9 Å². The van der Waals surface area contributed by atoms with E-state index < -0.39 is 11.9 Å². The van der Waals surface area contributed by atoms with Crippen LogP contribution in [0.5, 0.6) is 5.75 Å². The molecule has 4 aromatic rings. The van der Waals surface area contributed by atoms with Crippen LogP contribution in [0, 0.1) is 5.82 Å². The number of nitrogens with one attached hydrogen (secondary N) is 2. The van der Waals surface area contributed by atoms with Crippen LogP contribution in [0.3, 0.4) is 0 Å². The Bertz CT molecular complexity index is 1310. The van der Waals surface area contributed by atoms with Crippen molar-refractivity contribution in [2.24, 2.45) is 5.73 Å². The SMILES string of the molecule is COc1cc2nccc(Sc3ncc(NC(=O)Nc4ccc(F)cc4)s3)c2cc1C(N)=O. The summed E-state index contributed by atoms with van der Waals surface area (Å²) in [5, 5.41) is 6.58. The highest BCUT2D eigenvalue weighted by Gasteiger charge is 2.15. The molecule has 0 aliphatic heterocycles. The van der Waals surface area contributed by atoms with Gasteiger partial charge in [-0.2, -0.15) is 0 Å². The number of benzene rings is 2. The molecule has 4 rings (SSSR count). The number of nitrogens with zero attached hydrogens (tertiary/aromatic N) is 2. The van der Waals surface area contributed by atoms with E-state index in [1.807, 2.05) is 0 Å². The Morgan fingerprint density at radius 3 is 2.62 bits per heavy atom. The van der Waals surface area contributed by atoms with Crippen molar-refractivity contribution in [3.05, 3.63) is 66.2 Å². The van der Waals surface area contributed by atoms with Crippen LogP contribution in [0.15, 0.2) is 64.1 Å². The number of amides is 3. The minimum atomic E-state index is -0.601. The molecule has 3 amide bonds. The minimum Gasteiger partial charge on any atom is -0.496 e. The molecule has 0 saturated heterocycles. The van der Waals surface area contributed by atoms with Crippen LogP contribution in [0.1, 0.15) is 10.4 Å². The van der Waals surface area contributed by atoms with Gasteiger partial charge in [0.2, 0.25) is 0 Å². The van der Waals surface area contributed by atoms with Crippen molar-refractivity contribution in [1.82, 2.24) is 9.97 Å². The number of carbonyl (C=O) groups excluding carboxylic acids is 2. The molecular weight excluding hydrogens is 453 g/mol. The van der Waals surface area contributed by atoms with Crippen LogP contribution in [0.2, 0.25) is 0 Å². The Labute approximate surface area is 190 Å². The summed E-state index contributed by atoms with van der Waals surface area (Å²) in [6.45, 7) is 0. The molecule has 2 heterocycles. The van der Waals surface area contributed by atoms with Crippen molar-refractivity contribution in [2.45, 2.75) is 9.24 Å². The zero-order valence-corrected chi connectivity index (χ0v) is 18.2. The lowest BCUT2D eigenvalue weighted by Crippen LogP contribution is -2.18. The number of halogens is 1. The molecule has 32 heavy (non-hydrogen) atoms. The summed E-state index contributed by atoms with van der Waals surface area (Å²) in [6, 6.07) is 10.1. The van der Waals surface area contributed by atoms with E-state index in [9.17, 15) is 14.0 Å². The predicted molar refractivity (Wildman–Crippen MR) is 122 cm³/mol. The third kappa shape index (κ3) is 4.79. The number of pyridine rings is 1. The maximum Gasteiger partial charge on any atom is 0.324 e. The Hall–Kier alpha value is -3.70. The first kappa shape index (κ1) is 21.5. The van der Waals surface area contributed by atoms with Crippen LogP contribution in [-0.4, -0.2) is 29.0 Å². The Kier molecular flexibility index (Phi) is 6.19. The number of carbonyl (C=O) groups is 2. The maximum absolute atomic E-state index is 13.0. The van der Waals surface area contributed by atoms with Gasteiger partial charge in [-0.05, 0) is 36.4 Å². The number of urea groups is 1. The molecule has 0 saturated carbocycles. The number of anilines is 2. The van der Waals surface area contributed by atoms with Gasteiger partial charge in [0.15, 0.2) is 4.34 Å². The number of nitrogens with two attached hydrogens (primary N) is 1. The number of fused-ring (bicyclic) bond motifs is 1. The molecule has 0 aliphatic rings. The predicted octanol–water partition coefficient (Wildman–Crippen LogP) is 4.73. The number of rotatable bonds is 6. The second-order valence-electron chi connectivity index (χ2n) is 6.42. The van der Waals surface area contributed by atoms with Crippen molar-refractivity contribution in [3.63, 3.8) is 0 Å². The molecule has 11 heteroatoms. The first-order chi connectivity index (χ1) is 15.4. The van der Waals surface area contributed by atoms with Crippen LogP contribution in [-0.2, 0) is 0 Å². The van der Waals surface area contributed by atoms with E-state index in [0.29, 0.717) is 26.3 Å². The lowest BCUT2D eigenvalue weighted by Gasteiger charge is -2.09. The summed E-state index contributed by atoms with van der Waals surface area (Å²) in [7, 11) is 1.46. The molecule has 2 aromatic heterocycles. The van der Waals surface area contributed by atoms with E-state index >= 15 is 0 Å². The van der Waals surface area contributed by atoms with Crippen molar-refractivity contribution in [3.8, 4) is 5.75 Å². The normalized spacial score (nSPS) is 10.7. The second kappa shape index (κ2) is 9.20. The van der Waals surface area contributed by atoms with Crippen molar-refractivity contribution in [1.29, 1.82) is 0 Å². The summed E-state index contributed by atoms with van der Waals surface area (Å²) in [5.41, 5.74) is 6.84. The van der Waals surface area contributed by atoms with E-state index in [0.717, 1.165) is 10.3 Å². The summed E-state index contributed by atoms with van der Waals surface area (Å²) in [6.07, 6.45) is 3.19. The molecule has 162 valence electrons. The fourth-order valence-corrected chi connectivity index (χ4v) is 4.81. The Morgan fingerprint density at radius 1 is 1.12 bits per heavy atom. The van der Waals surface area contributed by atoms with E-state index in [4.69, 9.17) is 10.5 Å². The van der Waals surface area contributed by atoms with Crippen LogP contribution >= 0.6 is 23.1 Å². The number of hydrogen-bond donors (Lipinski definition) is 3. The molecule has 0 atom stereocenters. The molecule has 2 aromatic carbocycles. The van der Waals surface area contributed by atoms with Crippen molar-refractivity contribution >= 4 is 56.6 Å². The van der Waals surface area contributed by atoms with Gasteiger partial charge in [0.05, 0.1) is 24.4 Å². The van der Waals surface area contributed by atoms with Gasteiger partial charge in [-0.1, -0.05) is 23.1 Å². The Balaban J connectivity index is 1.51. The number of ether oxygens (including phenoxy) is 1. The van der Waals surface area contributed by atoms with Crippen LogP contribution < -0.4 is 21.1 Å². The molecule has 0 fully saturated rings. The van der Waals surface area contributed by atoms with E-state index in [2.05, 4.69) is 20.6 Å². The zero-order chi connectivity index (χ0) is 22.7. The standard InChI is InChI=1S/C21H16FN5O3S2/c1-30-16-9-15-13(8-14(16)19(23)28)17(6-7-24-15)31-21-25-10-18(32-21)27-20(29)26-12-4-2-11(22)3-5-12/h2-10H,1H3,(H2,23,28)(H2,26,27,29). The number of methoxy groups -OCH3 is 1. The summed E-state index contributed by atoms with van der Waals surface area (Å²) < 4.78 is 18.9. The molecular formula is C21H16FN5O3S2. The molecule has 0 unspecified atom stereocenters. The third-order valence-corrected chi connectivity index (χ3v) is 6.37. The van der Waals surface area contributed by atoms with E-state index in [-0.39, 0.29) is 11.4 Å². The molecule has 0 spiro atoms. The lowest BCUT2D eigenvalue weighted by molar-refractivity contribution is 0.0997. The molecule has 0 bridgehead atoms. The van der Waals surface area contributed by atoms with Gasteiger partial charge in [0.1, 0.15) is 16.6 Å². The number of aromatic nitrogens is 2. The van der Waals surface area contributed by atoms with Gasteiger partial charge in [-0.3, -0.25) is 15.1 Å². The molecule has 8 nitrogen and oxygen atoms in total. The second-order valence-corrected chi connectivity index (χ2v) is 8.74. The topological polar surface area (TPSA) is 119 Å². The lowest BCUT2D eigenvalue weighted by atomic mass is 10.1. The third-order valence-electron chi connectivity index (χ3n) is 4.31. The number of thiazole rings is 1. The Morgan fingerprint density at radius 2 is 1.91 bits per heavy atom. The zero-order valence-electron chi connectivity index (χ0n) is 16.6. The van der Waals surface area contributed by atoms with Gasteiger partial charge < -0.3 is 15.8 Å². The first-order valence-corrected chi connectivity index (χ1v) is 10.8. The van der Waals surface area contributed by atoms with Crippen molar-refractivity contribution in [2.75, 3.05) is 17.7 Å². The summed E-state index contributed by atoms with van der Waals surface area (Å²) >= 11 is 2.64. The quantitative estimate of drug-likeness (QED) is 0.375. The average Bonchev–Trinajstić information content (AvgIpc) is 3.21. The summed E-state index contributed by atoms with van der Waals surface area (Å²) in [4.78, 5) is 33.4. The van der Waals surface area contributed by atoms with Gasteiger partial charge in [-0.15, -0.1) is 0 Å². The highest BCUT2D eigenvalue weighted by Crippen LogP contribution is 2.38. The first-order valence-electron chi connectivity index (χ1n) is 9.17. The fourth-order valence-electron chi connectivity index (χ4n) is 2.86. The fraction of sp³-hybridized carbons (Fsp3) is 0.0476. The van der Waals surface area contributed by atoms with E-state index in [1.165, 1.54) is 54.5 Å². The minimum absolute atomic E-state index is 0.258. The van der Waals surface area contributed by atoms with Gasteiger partial charge >= 0.3 is 6.03 Å². The van der Waals surface area contributed by atoms with Gasteiger partial charge in [0.25, 0.3) is 5.91 Å².